The third kappa shape index (κ3) is 6.59. The number of nitrogens with one attached hydrogen (secondary N) is 1. The van der Waals surface area contributed by atoms with Crippen LogP contribution in [0.15, 0.2) is 0 Å². The maximum Gasteiger partial charge on any atom is 0.326 e. The van der Waals surface area contributed by atoms with E-state index < -0.39 is 12.0 Å². The quantitative estimate of drug-likeness (QED) is 0.610. The minimum Gasteiger partial charge on any atom is -0.480 e. The van der Waals surface area contributed by atoms with Gasteiger partial charge in [-0.2, -0.15) is 0 Å². The predicted octanol–water partition coefficient (Wildman–Crippen LogP) is 1.22. The average Bonchev–Trinajstić information content (AvgIpc) is 2.23. The van der Waals surface area contributed by atoms with E-state index in [1.807, 2.05) is 0 Å². The summed E-state index contributed by atoms with van der Waals surface area (Å²) in [5.74, 6) is -0.759. The number of carboxylic acid groups (broad SMARTS) is 1. The van der Waals surface area contributed by atoms with Crippen molar-refractivity contribution in [3.63, 3.8) is 0 Å². The second kappa shape index (κ2) is 8.08. The van der Waals surface area contributed by atoms with E-state index in [1.54, 1.807) is 13.8 Å². The fraction of sp³-hybridized carbons (Fsp3) is 0.846. The van der Waals surface area contributed by atoms with E-state index in [0.717, 1.165) is 6.42 Å². The van der Waals surface area contributed by atoms with Crippen LogP contribution in [0.25, 0.3) is 0 Å². The molecule has 0 heterocycles. The van der Waals surface area contributed by atoms with Gasteiger partial charge in [0.05, 0.1) is 0 Å². The van der Waals surface area contributed by atoms with Gasteiger partial charge >= 0.3 is 5.97 Å². The first-order valence-corrected chi connectivity index (χ1v) is 6.50. The monoisotopic (exact) mass is 258 g/mol. The minimum atomic E-state index is -0.994. The van der Waals surface area contributed by atoms with Crippen LogP contribution in [0.3, 0.4) is 0 Å². The number of amides is 1. The average molecular weight is 258 g/mol. The van der Waals surface area contributed by atoms with Crippen molar-refractivity contribution in [2.75, 3.05) is 6.54 Å². The molecule has 0 radical (unpaired) electrons. The van der Waals surface area contributed by atoms with Crippen LogP contribution in [-0.4, -0.2) is 29.6 Å². The molecule has 4 N–H and O–H groups in total. The SMILES string of the molecule is CC(C)CC(CN)CC(=O)N[C@H](C(=O)O)C(C)C. The van der Waals surface area contributed by atoms with Crippen LogP contribution in [0.5, 0.6) is 0 Å². The number of hydrogen-bond acceptors (Lipinski definition) is 3. The van der Waals surface area contributed by atoms with Crippen molar-refractivity contribution < 1.29 is 14.7 Å². The lowest BCUT2D eigenvalue weighted by Gasteiger charge is -2.21. The Balaban J connectivity index is 4.34. The Kier molecular flexibility index (Phi) is 7.59. The van der Waals surface area contributed by atoms with Gasteiger partial charge in [0.1, 0.15) is 6.04 Å². The molecular weight excluding hydrogens is 232 g/mol. The molecule has 0 aliphatic carbocycles. The highest BCUT2D eigenvalue weighted by molar-refractivity contribution is 5.83. The lowest BCUT2D eigenvalue weighted by Crippen LogP contribution is -2.45. The number of carboxylic acids is 1. The number of hydrogen-bond donors (Lipinski definition) is 3. The Morgan fingerprint density at radius 3 is 2.11 bits per heavy atom. The molecule has 5 nitrogen and oxygen atoms in total. The van der Waals surface area contributed by atoms with Crippen molar-refractivity contribution in [3.8, 4) is 0 Å². The molecule has 0 aromatic carbocycles. The zero-order valence-electron chi connectivity index (χ0n) is 11.8. The zero-order valence-corrected chi connectivity index (χ0v) is 11.8. The molecule has 0 aliphatic rings. The topological polar surface area (TPSA) is 92.4 Å². The lowest BCUT2D eigenvalue weighted by molar-refractivity contribution is -0.143. The largest absolute Gasteiger partial charge is 0.480 e. The zero-order chi connectivity index (χ0) is 14.3. The van der Waals surface area contributed by atoms with E-state index in [9.17, 15) is 9.59 Å². The van der Waals surface area contributed by atoms with Crippen molar-refractivity contribution in [2.24, 2.45) is 23.5 Å². The van der Waals surface area contributed by atoms with Gasteiger partial charge < -0.3 is 16.2 Å². The smallest absolute Gasteiger partial charge is 0.326 e. The normalized spacial score (nSPS) is 14.6. The Hall–Kier alpha value is -1.10. The van der Waals surface area contributed by atoms with Crippen LogP contribution in [0.2, 0.25) is 0 Å². The molecule has 5 heteroatoms. The second-order valence-corrected chi connectivity index (χ2v) is 5.56. The first-order valence-electron chi connectivity index (χ1n) is 6.50. The van der Waals surface area contributed by atoms with E-state index in [2.05, 4.69) is 19.2 Å². The summed E-state index contributed by atoms with van der Waals surface area (Å²) >= 11 is 0. The summed E-state index contributed by atoms with van der Waals surface area (Å²) in [6, 6.07) is -0.824. The summed E-state index contributed by atoms with van der Waals surface area (Å²) in [6.45, 7) is 8.15. The molecule has 1 unspecified atom stereocenters. The van der Waals surface area contributed by atoms with Crippen LogP contribution in [0.1, 0.15) is 40.5 Å². The molecule has 106 valence electrons. The van der Waals surface area contributed by atoms with Gasteiger partial charge in [-0.25, -0.2) is 4.79 Å². The van der Waals surface area contributed by atoms with Crippen molar-refractivity contribution in [1.29, 1.82) is 0 Å². The van der Waals surface area contributed by atoms with E-state index in [-0.39, 0.29) is 17.7 Å². The lowest BCUT2D eigenvalue weighted by atomic mass is 9.93. The molecular formula is C13H26N2O3. The Morgan fingerprint density at radius 1 is 1.22 bits per heavy atom. The first-order chi connectivity index (χ1) is 8.27. The van der Waals surface area contributed by atoms with Gasteiger partial charge in [0, 0.05) is 6.42 Å². The van der Waals surface area contributed by atoms with Crippen LogP contribution < -0.4 is 11.1 Å². The van der Waals surface area contributed by atoms with Gasteiger partial charge in [-0.15, -0.1) is 0 Å². The number of aliphatic carboxylic acids is 1. The minimum absolute atomic E-state index is 0.117. The summed E-state index contributed by atoms with van der Waals surface area (Å²) in [5.41, 5.74) is 5.62. The summed E-state index contributed by atoms with van der Waals surface area (Å²) < 4.78 is 0. The number of nitrogens with two attached hydrogens (primary N) is 1. The molecule has 0 saturated heterocycles. The fourth-order valence-corrected chi connectivity index (χ4v) is 1.94. The van der Waals surface area contributed by atoms with Crippen molar-refractivity contribution in [2.45, 2.75) is 46.6 Å². The summed E-state index contributed by atoms with van der Waals surface area (Å²) in [6.07, 6.45) is 1.18. The van der Waals surface area contributed by atoms with E-state index in [0.29, 0.717) is 18.9 Å². The summed E-state index contributed by atoms with van der Waals surface area (Å²) in [7, 11) is 0. The molecule has 0 aliphatic heterocycles. The molecule has 18 heavy (non-hydrogen) atoms. The van der Waals surface area contributed by atoms with Gasteiger partial charge in [-0.1, -0.05) is 27.7 Å². The van der Waals surface area contributed by atoms with Crippen molar-refractivity contribution in [3.05, 3.63) is 0 Å². The van der Waals surface area contributed by atoms with Crippen LogP contribution in [0, 0.1) is 17.8 Å². The highest BCUT2D eigenvalue weighted by Crippen LogP contribution is 2.14. The second-order valence-electron chi connectivity index (χ2n) is 5.56. The van der Waals surface area contributed by atoms with Crippen LogP contribution in [0.4, 0.5) is 0 Å². The Bertz CT molecular complexity index is 277. The van der Waals surface area contributed by atoms with Gasteiger partial charge in [0.25, 0.3) is 0 Å². The van der Waals surface area contributed by atoms with E-state index in [4.69, 9.17) is 10.8 Å². The van der Waals surface area contributed by atoms with E-state index in [1.165, 1.54) is 0 Å². The molecule has 0 aromatic rings. The molecule has 1 amide bonds. The summed E-state index contributed by atoms with van der Waals surface area (Å²) in [5, 5.41) is 11.5. The third-order valence-electron chi connectivity index (χ3n) is 2.86. The number of carbonyl (C=O) groups excluding carboxylic acids is 1. The maximum absolute atomic E-state index is 11.8. The molecule has 0 saturated carbocycles. The van der Waals surface area contributed by atoms with Gasteiger partial charge in [-0.05, 0) is 30.7 Å². The van der Waals surface area contributed by atoms with Crippen LogP contribution >= 0.6 is 0 Å². The summed E-state index contributed by atoms with van der Waals surface area (Å²) in [4.78, 5) is 22.8. The van der Waals surface area contributed by atoms with Crippen molar-refractivity contribution >= 4 is 11.9 Å². The molecule has 0 spiro atoms. The highest BCUT2D eigenvalue weighted by atomic mass is 16.4. The van der Waals surface area contributed by atoms with Crippen LogP contribution in [-0.2, 0) is 9.59 Å². The first kappa shape index (κ1) is 16.9. The third-order valence-corrected chi connectivity index (χ3v) is 2.86. The Labute approximate surface area is 109 Å². The fourth-order valence-electron chi connectivity index (χ4n) is 1.94. The highest BCUT2D eigenvalue weighted by Gasteiger charge is 2.24. The van der Waals surface area contributed by atoms with Gasteiger partial charge in [-0.3, -0.25) is 4.79 Å². The Morgan fingerprint density at radius 2 is 1.78 bits per heavy atom. The standard InChI is InChI=1S/C13H26N2O3/c1-8(2)5-10(7-14)6-11(16)15-12(9(3)4)13(17)18/h8-10,12H,5-7,14H2,1-4H3,(H,15,16)(H,17,18)/t10?,12-/m0/s1. The number of carbonyl (C=O) groups is 2. The molecule has 0 rings (SSSR count). The van der Waals surface area contributed by atoms with E-state index >= 15 is 0 Å². The maximum atomic E-state index is 11.8. The molecule has 0 fully saturated rings. The number of rotatable bonds is 8. The molecule has 0 aromatic heterocycles. The molecule has 0 bridgehead atoms. The van der Waals surface area contributed by atoms with Crippen molar-refractivity contribution in [1.82, 2.24) is 5.32 Å². The van der Waals surface area contributed by atoms with Gasteiger partial charge in [0.2, 0.25) is 5.91 Å². The predicted molar refractivity (Wildman–Crippen MR) is 71.0 cm³/mol. The van der Waals surface area contributed by atoms with Gasteiger partial charge in [0.15, 0.2) is 0 Å². The molecule has 2 atom stereocenters.